The van der Waals surface area contributed by atoms with Crippen LogP contribution in [0.3, 0.4) is 0 Å². The van der Waals surface area contributed by atoms with E-state index in [1.54, 1.807) is 12.4 Å². The second-order valence-electron chi connectivity index (χ2n) is 6.92. The Kier molecular flexibility index (Phi) is 6.55. The van der Waals surface area contributed by atoms with E-state index >= 15 is 0 Å². The second kappa shape index (κ2) is 8.95. The molecule has 1 aromatic carbocycles. The number of ether oxygens (including phenoxy) is 2. The number of anilines is 1. The Morgan fingerprint density at radius 2 is 2.10 bits per heavy atom. The predicted octanol–water partition coefficient (Wildman–Crippen LogP) is 2.93. The number of aromatic amines is 1. The van der Waals surface area contributed by atoms with Crippen LogP contribution in [-0.4, -0.2) is 39.2 Å². The summed E-state index contributed by atoms with van der Waals surface area (Å²) >= 11 is 0. The number of amides is 1. The summed E-state index contributed by atoms with van der Waals surface area (Å²) in [6, 6.07) is 5.62. The molecule has 2 aliphatic rings. The normalized spacial score (nSPS) is 16.2. The molecule has 3 aromatic rings. The molecule has 9 nitrogen and oxygen atoms in total. The van der Waals surface area contributed by atoms with E-state index in [1.165, 1.54) is 0 Å². The van der Waals surface area contributed by atoms with Gasteiger partial charge in [0.1, 0.15) is 5.82 Å². The number of hydrogen-bond donors (Lipinski definition) is 3. The van der Waals surface area contributed by atoms with Crippen molar-refractivity contribution in [1.29, 1.82) is 0 Å². The summed E-state index contributed by atoms with van der Waals surface area (Å²) in [6.07, 6.45) is 5.28. The van der Waals surface area contributed by atoms with Gasteiger partial charge in [-0.2, -0.15) is 10.2 Å². The first-order valence-electron chi connectivity index (χ1n) is 9.25. The molecule has 0 bridgehead atoms. The molecule has 1 amide bonds. The number of hydrogen-bond acceptors (Lipinski definition) is 6. The minimum Gasteiger partial charge on any atom is -0.454 e. The molecule has 11 heteroatoms. The van der Waals surface area contributed by atoms with Crippen molar-refractivity contribution in [2.45, 2.75) is 25.3 Å². The SMILES string of the molecule is Cl.Cl.NCC1CCCn2ncc(C(=O)Nc3[nH]ncc3-c3ccc4c(c3)OCO4)c21. The summed E-state index contributed by atoms with van der Waals surface area (Å²) in [5.74, 6) is 1.81. The first-order chi connectivity index (χ1) is 13.7. The monoisotopic (exact) mass is 452 g/mol. The van der Waals surface area contributed by atoms with Gasteiger partial charge in [0.25, 0.3) is 5.91 Å². The topological polar surface area (TPSA) is 120 Å². The lowest BCUT2D eigenvalue weighted by molar-refractivity contribution is 0.102. The van der Waals surface area contributed by atoms with Crippen LogP contribution in [0.5, 0.6) is 11.5 Å². The van der Waals surface area contributed by atoms with Gasteiger partial charge in [0.2, 0.25) is 6.79 Å². The first-order valence-corrected chi connectivity index (χ1v) is 9.25. The van der Waals surface area contributed by atoms with Gasteiger partial charge in [-0.05, 0) is 30.5 Å². The molecule has 0 saturated carbocycles. The lowest BCUT2D eigenvalue weighted by atomic mass is 9.93. The van der Waals surface area contributed by atoms with Crippen LogP contribution in [0, 0.1) is 0 Å². The highest BCUT2D eigenvalue weighted by Gasteiger charge is 2.27. The van der Waals surface area contributed by atoms with Crippen LogP contribution in [0.25, 0.3) is 11.1 Å². The summed E-state index contributed by atoms with van der Waals surface area (Å²) in [4.78, 5) is 13.0. The van der Waals surface area contributed by atoms with Gasteiger partial charge in [0.05, 0.1) is 23.7 Å². The van der Waals surface area contributed by atoms with Crippen molar-refractivity contribution in [2.75, 3.05) is 18.7 Å². The maximum atomic E-state index is 13.0. The number of fused-ring (bicyclic) bond motifs is 2. The van der Waals surface area contributed by atoms with Crippen LogP contribution < -0.4 is 20.5 Å². The minimum absolute atomic E-state index is 0. The third-order valence-corrected chi connectivity index (χ3v) is 5.28. The molecule has 0 saturated heterocycles. The van der Waals surface area contributed by atoms with Crippen LogP contribution in [0.15, 0.2) is 30.6 Å². The number of nitrogens with one attached hydrogen (secondary N) is 2. The molecule has 0 fully saturated rings. The lowest BCUT2D eigenvalue weighted by Crippen LogP contribution is -2.25. The summed E-state index contributed by atoms with van der Waals surface area (Å²) in [5, 5.41) is 14.3. The maximum absolute atomic E-state index is 13.0. The Balaban J connectivity index is 0.00000128. The molecule has 4 heterocycles. The molecule has 160 valence electrons. The quantitative estimate of drug-likeness (QED) is 0.559. The number of nitrogens with two attached hydrogens (primary N) is 1. The smallest absolute Gasteiger partial charge is 0.260 e. The fourth-order valence-electron chi connectivity index (χ4n) is 3.88. The Labute approximate surface area is 185 Å². The van der Waals surface area contributed by atoms with E-state index in [0.29, 0.717) is 29.4 Å². The zero-order chi connectivity index (χ0) is 19.1. The summed E-state index contributed by atoms with van der Waals surface area (Å²) in [7, 11) is 0. The molecule has 4 N–H and O–H groups in total. The van der Waals surface area contributed by atoms with E-state index in [0.717, 1.165) is 36.2 Å². The van der Waals surface area contributed by atoms with Crippen LogP contribution in [0.1, 0.15) is 34.8 Å². The van der Waals surface area contributed by atoms with Gasteiger partial charge < -0.3 is 20.5 Å². The van der Waals surface area contributed by atoms with Crippen LogP contribution in [-0.2, 0) is 6.54 Å². The van der Waals surface area contributed by atoms with Crippen LogP contribution in [0.4, 0.5) is 5.82 Å². The minimum atomic E-state index is -0.229. The third kappa shape index (κ3) is 3.71. The van der Waals surface area contributed by atoms with Gasteiger partial charge in [0.15, 0.2) is 11.5 Å². The summed E-state index contributed by atoms with van der Waals surface area (Å²) in [6.45, 7) is 1.52. The molecule has 2 aliphatic heterocycles. The average molecular weight is 453 g/mol. The van der Waals surface area contributed by atoms with Crippen LogP contribution in [0.2, 0.25) is 0 Å². The van der Waals surface area contributed by atoms with Crippen molar-refractivity contribution >= 4 is 36.5 Å². The largest absolute Gasteiger partial charge is 0.454 e. The van der Waals surface area contributed by atoms with Gasteiger partial charge in [0, 0.05) is 24.6 Å². The van der Waals surface area contributed by atoms with Crippen molar-refractivity contribution in [1.82, 2.24) is 20.0 Å². The number of H-pyrrole nitrogens is 1. The fourth-order valence-corrected chi connectivity index (χ4v) is 3.88. The number of halogens is 2. The van der Waals surface area contributed by atoms with E-state index in [1.807, 2.05) is 22.9 Å². The number of carbonyl (C=O) groups is 1. The average Bonchev–Trinajstić information content (AvgIpc) is 3.45. The molecule has 0 aliphatic carbocycles. The standard InChI is InChI=1S/C19H20N6O3.2ClH/c20-7-12-2-1-5-25-17(12)14(9-22-25)19(26)23-18-13(8-21-24-18)11-3-4-15-16(6-11)28-10-27-15;;/h3-4,6,8-9,12H,1-2,5,7,10,20H2,(H2,21,23,24,26);2*1H. The summed E-state index contributed by atoms with van der Waals surface area (Å²) < 4.78 is 12.7. The number of carbonyl (C=O) groups excluding carboxylic acids is 1. The second-order valence-corrected chi connectivity index (χ2v) is 6.92. The van der Waals surface area contributed by atoms with Gasteiger partial charge in [-0.25, -0.2) is 0 Å². The fraction of sp³-hybridized carbons (Fsp3) is 0.316. The third-order valence-electron chi connectivity index (χ3n) is 5.28. The molecule has 2 aromatic heterocycles. The van der Waals surface area contributed by atoms with Gasteiger partial charge in [-0.15, -0.1) is 24.8 Å². The van der Waals surface area contributed by atoms with Crippen molar-refractivity contribution in [2.24, 2.45) is 5.73 Å². The molecule has 0 radical (unpaired) electrons. The first kappa shape index (κ1) is 21.9. The lowest BCUT2D eigenvalue weighted by Gasteiger charge is -2.23. The van der Waals surface area contributed by atoms with Crippen molar-refractivity contribution in [3.05, 3.63) is 41.9 Å². The molecule has 1 atom stereocenters. The Hall–Kier alpha value is -2.75. The predicted molar refractivity (Wildman–Crippen MR) is 116 cm³/mol. The van der Waals surface area contributed by atoms with E-state index in [-0.39, 0.29) is 43.4 Å². The number of aryl methyl sites for hydroxylation is 1. The Bertz CT molecular complexity index is 1050. The highest BCUT2D eigenvalue weighted by atomic mass is 35.5. The number of aromatic nitrogens is 4. The van der Waals surface area contributed by atoms with Crippen molar-refractivity contribution < 1.29 is 14.3 Å². The number of rotatable bonds is 4. The number of benzene rings is 1. The highest BCUT2D eigenvalue weighted by Crippen LogP contribution is 2.37. The number of nitrogens with zero attached hydrogens (tertiary/aromatic N) is 3. The molecule has 0 spiro atoms. The van der Waals surface area contributed by atoms with Crippen molar-refractivity contribution in [3.8, 4) is 22.6 Å². The Morgan fingerprint density at radius 1 is 1.27 bits per heavy atom. The van der Waals surface area contributed by atoms with Gasteiger partial charge in [-0.1, -0.05) is 6.07 Å². The van der Waals surface area contributed by atoms with Crippen LogP contribution >= 0.6 is 24.8 Å². The molecular formula is C19H22Cl2N6O3. The zero-order valence-electron chi connectivity index (χ0n) is 16.0. The van der Waals surface area contributed by atoms with Crippen molar-refractivity contribution in [3.63, 3.8) is 0 Å². The Morgan fingerprint density at radius 3 is 2.93 bits per heavy atom. The maximum Gasteiger partial charge on any atom is 0.260 e. The molecular weight excluding hydrogens is 431 g/mol. The molecule has 30 heavy (non-hydrogen) atoms. The van der Waals surface area contributed by atoms with Gasteiger partial charge in [-0.3, -0.25) is 14.6 Å². The van der Waals surface area contributed by atoms with E-state index < -0.39 is 0 Å². The van der Waals surface area contributed by atoms with E-state index in [2.05, 4.69) is 20.6 Å². The molecule has 5 rings (SSSR count). The summed E-state index contributed by atoms with van der Waals surface area (Å²) in [5.41, 5.74) is 9.02. The van der Waals surface area contributed by atoms with Gasteiger partial charge >= 0.3 is 0 Å². The zero-order valence-corrected chi connectivity index (χ0v) is 17.6. The van der Waals surface area contributed by atoms with E-state index in [9.17, 15) is 4.79 Å². The molecule has 1 unspecified atom stereocenters. The highest BCUT2D eigenvalue weighted by molar-refractivity contribution is 6.06. The van der Waals surface area contributed by atoms with E-state index in [4.69, 9.17) is 15.2 Å².